The van der Waals surface area contributed by atoms with Crippen molar-refractivity contribution in [2.45, 2.75) is 13.0 Å². The summed E-state index contributed by atoms with van der Waals surface area (Å²) in [4.78, 5) is 21.3. The number of amides is 1. The number of hydrogen-bond donors (Lipinski definition) is 1. The molecule has 4 rings (SSSR count). The fraction of sp³-hybridized carbons (Fsp3) is 0.318. The molecule has 1 fully saturated rings. The van der Waals surface area contributed by atoms with Crippen LogP contribution in [-0.2, 0) is 0 Å². The number of carbonyl (C=O) groups excluding carboxylic acids is 1. The van der Waals surface area contributed by atoms with Crippen molar-refractivity contribution in [2.24, 2.45) is 0 Å². The van der Waals surface area contributed by atoms with Gasteiger partial charge in [-0.05, 0) is 31.2 Å². The first kappa shape index (κ1) is 19.1. The van der Waals surface area contributed by atoms with E-state index in [1.807, 2.05) is 18.2 Å². The van der Waals surface area contributed by atoms with E-state index in [9.17, 15) is 4.79 Å². The molecule has 7 heteroatoms. The summed E-state index contributed by atoms with van der Waals surface area (Å²) in [5.41, 5.74) is 2.34. The molecule has 1 aromatic carbocycles. The molecule has 0 aliphatic carbocycles. The van der Waals surface area contributed by atoms with Gasteiger partial charge in [-0.25, -0.2) is 0 Å². The van der Waals surface area contributed by atoms with Crippen molar-refractivity contribution in [1.82, 2.24) is 20.4 Å². The highest BCUT2D eigenvalue weighted by Crippen LogP contribution is 2.19. The van der Waals surface area contributed by atoms with Crippen LogP contribution in [0, 0.1) is 0 Å². The van der Waals surface area contributed by atoms with Crippen LogP contribution in [0.4, 0.5) is 5.69 Å². The van der Waals surface area contributed by atoms with Crippen LogP contribution >= 0.6 is 0 Å². The van der Waals surface area contributed by atoms with Gasteiger partial charge in [0.25, 0.3) is 5.91 Å². The molecule has 1 N–H and O–H groups in total. The summed E-state index contributed by atoms with van der Waals surface area (Å²) in [6.45, 7) is 6.63. The van der Waals surface area contributed by atoms with E-state index in [-0.39, 0.29) is 17.6 Å². The number of anilines is 1. The first-order valence-electron chi connectivity index (χ1n) is 9.90. The minimum atomic E-state index is -0.223. The molecule has 1 aliphatic heterocycles. The third-order valence-corrected chi connectivity index (χ3v) is 5.31. The van der Waals surface area contributed by atoms with Gasteiger partial charge in [-0.2, -0.15) is 0 Å². The van der Waals surface area contributed by atoms with Gasteiger partial charge in [0.05, 0.1) is 0 Å². The second-order valence-electron chi connectivity index (χ2n) is 7.24. The van der Waals surface area contributed by atoms with Crippen molar-refractivity contribution in [3.63, 3.8) is 0 Å². The van der Waals surface area contributed by atoms with E-state index >= 15 is 0 Å². The number of pyridine rings is 1. The van der Waals surface area contributed by atoms with Crippen LogP contribution in [-0.4, -0.2) is 59.7 Å². The van der Waals surface area contributed by atoms with Gasteiger partial charge >= 0.3 is 0 Å². The predicted octanol–water partition coefficient (Wildman–Crippen LogP) is 2.68. The molecule has 29 heavy (non-hydrogen) atoms. The molecule has 0 bridgehead atoms. The average molecular weight is 391 g/mol. The third kappa shape index (κ3) is 4.63. The molecule has 150 valence electrons. The highest BCUT2D eigenvalue weighted by molar-refractivity contribution is 5.93. The zero-order chi connectivity index (χ0) is 20.1. The lowest BCUT2D eigenvalue weighted by Gasteiger charge is -2.39. The van der Waals surface area contributed by atoms with Crippen LogP contribution in [0.3, 0.4) is 0 Å². The predicted molar refractivity (Wildman–Crippen MR) is 112 cm³/mol. The Hall–Kier alpha value is -3.19. The van der Waals surface area contributed by atoms with Gasteiger partial charge in [0.1, 0.15) is 0 Å². The van der Waals surface area contributed by atoms with Gasteiger partial charge in [-0.3, -0.25) is 14.7 Å². The summed E-state index contributed by atoms with van der Waals surface area (Å²) in [6.07, 6.45) is 3.37. The number of para-hydroxylation sites is 1. The number of piperazine rings is 1. The number of benzene rings is 1. The summed E-state index contributed by atoms with van der Waals surface area (Å²) >= 11 is 0. The Labute approximate surface area is 170 Å². The number of aromatic nitrogens is 2. The van der Waals surface area contributed by atoms with Crippen molar-refractivity contribution in [2.75, 3.05) is 37.6 Å². The fourth-order valence-electron chi connectivity index (χ4n) is 3.55. The molecule has 0 radical (unpaired) electrons. The summed E-state index contributed by atoms with van der Waals surface area (Å²) in [7, 11) is 0. The molecular formula is C22H25N5O2. The van der Waals surface area contributed by atoms with E-state index < -0.39 is 0 Å². The minimum Gasteiger partial charge on any atom is -0.369 e. The maximum absolute atomic E-state index is 12.4. The number of nitrogens with one attached hydrogen (secondary N) is 1. The molecule has 1 atom stereocenters. The van der Waals surface area contributed by atoms with Crippen molar-refractivity contribution in [3.8, 4) is 11.3 Å². The first-order valence-corrected chi connectivity index (χ1v) is 9.90. The Kier molecular flexibility index (Phi) is 5.86. The number of rotatable bonds is 6. The Morgan fingerprint density at radius 3 is 2.66 bits per heavy atom. The SMILES string of the molecule is CC(CNC(=O)c1cc(-c2cccnc2)on1)N1CCN(c2ccccc2)CC1. The molecule has 1 unspecified atom stereocenters. The van der Waals surface area contributed by atoms with Gasteiger partial charge in [-0.15, -0.1) is 0 Å². The fourth-order valence-corrected chi connectivity index (χ4v) is 3.55. The Morgan fingerprint density at radius 1 is 1.14 bits per heavy atom. The first-order chi connectivity index (χ1) is 14.2. The average Bonchev–Trinajstić information content (AvgIpc) is 3.29. The maximum atomic E-state index is 12.4. The highest BCUT2D eigenvalue weighted by Gasteiger charge is 2.22. The molecule has 3 heterocycles. The van der Waals surface area contributed by atoms with E-state index in [4.69, 9.17) is 4.52 Å². The minimum absolute atomic E-state index is 0.223. The molecule has 0 spiro atoms. The molecular weight excluding hydrogens is 366 g/mol. The molecule has 3 aromatic rings. The third-order valence-electron chi connectivity index (χ3n) is 5.31. The quantitative estimate of drug-likeness (QED) is 0.696. The van der Waals surface area contributed by atoms with Crippen LogP contribution in [0.2, 0.25) is 0 Å². The van der Waals surface area contributed by atoms with Crippen molar-refractivity contribution < 1.29 is 9.32 Å². The van der Waals surface area contributed by atoms with Crippen LogP contribution in [0.1, 0.15) is 17.4 Å². The summed E-state index contributed by atoms with van der Waals surface area (Å²) < 4.78 is 5.28. The van der Waals surface area contributed by atoms with Crippen LogP contribution < -0.4 is 10.2 Å². The van der Waals surface area contributed by atoms with Gasteiger partial charge < -0.3 is 14.7 Å². The molecule has 2 aromatic heterocycles. The summed E-state index contributed by atoms with van der Waals surface area (Å²) in [5, 5.41) is 6.86. The maximum Gasteiger partial charge on any atom is 0.273 e. The smallest absolute Gasteiger partial charge is 0.273 e. The van der Waals surface area contributed by atoms with E-state index in [0.29, 0.717) is 12.3 Å². The number of hydrogen-bond acceptors (Lipinski definition) is 6. The van der Waals surface area contributed by atoms with E-state index in [1.54, 1.807) is 18.5 Å². The monoisotopic (exact) mass is 391 g/mol. The van der Waals surface area contributed by atoms with Crippen LogP contribution in [0.25, 0.3) is 11.3 Å². The van der Waals surface area contributed by atoms with Gasteiger partial charge in [0.2, 0.25) is 0 Å². The Morgan fingerprint density at radius 2 is 1.93 bits per heavy atom. The van der Waals surface area contributed by atoms with Crippen molar-refractivity contribution >= 4 is 11.6 Å². The zero-order valence-corrected chi connectivity index (χ0v) is 16.5. The number of carbonyl (C=O) groups is 1. The van der Waals surface area contributed by atoms with Gasteiger partial charge in [-0.1, -0.05) is 23.4 Å². The lowest BCUT2D eigenvalue weighted by molar-refractivity contribution is 0.0925. The van der Waals surface area contributed by atoms with Crippen LogP contribution in [0.15, 0.2) is 65.4 Å². The van der Waals surface area contributed by atoms with Gasteiger partial charge in [0, 0.05) is 68.5 Å². The highest BCUT2D eigenvalue weighted by atomic mass is 16.5. The van der Waals surface area contributed by atoms with E-state index in [1.165, 1.54) is 5.69 Å². The summed E-state index contributed by atoms with van der Waals surface area (Å²) in [5.74, 6) is 0.312. The lowest BCUT2D eigenvalue weighted by Crippen LogP contribution is -2.52. The molecule has 1 saturated heterocycles. The number of nitrogens with zero attached hydrogens (tertiary/aromatic N) is 4. The Bertz CT molecular complexity index is 921. The van der Waals surface area contributed by atoms with Crippen molar-refractivity contribution in [1.29, 1.82) is 0 Å². The van der Waals surface area contributed by atoms with Crippen molar-refractivity contribution in [3.05, 3.63) is 66.6 Å². The second kappa shape index (κ2) is 8.87. The second-order valence-corrected chi connectivity index (χ2v) is 7.24. The standard InChI is InChI=1S/C22H25N5O2/c1-17(26-10-12-27(13-11-26)19-7-3-2-4-8-19)15-24-22(28)20-14-21(29-25-20)18-6-5-9-23-16-18/h2-9,14,16-17H,10-13,15H2,1H3,(H,24,28). The largest absolute Gasteiger partial charge is 0.369 e. The summed E-state index contributed by atoms with van der Waals surface area (Å²) in [6, 6.07) is 16.1. The Balaban J connectivity index is 1.26. The lowest BCUT2D eigenvalue weighted by atomic mass is 10.2. The normalized spacial score (nSPS) is 15.8. The molecule has 0 saturated carbocycles. The van der Waals surface area contributed by atoms with Gasteiger partial charge in [0.15, 0.2) is 11.5 Å². The zero-order valence-electron chi connectivity index (χ0n) is 16.5. The topological polar surface area (TPSA) is 74.5 Å². The molecule has 7 nitrogen and oxygen atoms in total. The molecule has 1 amide bonds. The van der Waals surface area contributed by atoms with E-state index in [2.05, 4.69) is 56.4 Å². The van der Waals surface area contributed by atoms with E-state index in [0.717, 1.165) is 31.7 Å². The molecule has 1 aliphatic rings. The van der Waals surface area contributed by atoms with Crippen LogP contribution in [0.5, 0.6) is 0 Å².